The largest absolute Gasteiger partial charge is 0.365 e. The number of hydrogen-bond donors (Lipinski definition) is 1. The van der Waals surface area contributed by atoms with E-state index in [4.69, 9.17) is 0 Å². The van der Waals surface area contributed by atoms with Gasteiger partial charge in [-0.2, -0.15) is 0 Å². The third-order valence-corrected chi connectivity index (χ3v) is 5.20. The summed E-state index contributed by atoms with van der Waals surface area (Å²) in [6, 6.07) is 8.47. The van der Waals surface area contributed by atoms with Gasteiger partial charge in [0.15, 0.2) is 0 Å². The van der Waals surface area contributed by atoms with Crippen LogP contribution in [0.15, 0.2) is 48.4 Å². The van der Waals surface area contributed by atoms with Crippen molar-refractivity contribution < 1.29 is 0 Å². The molecule has 0 saturated carbocycles. The van der Waals surface area contributed by atoms with Crippen molar-refractivity contribution >= 4 is 27.4 Å². The Bertz CT molecular complexity index is 1000. The molecule has 0 aliphatic heterocycles. The second-order valence-corrected chi connectivity index (χ2v) is 6.93. The molecule has 0 unspecified atom stereocenters. The molecule has 4 rings (SSSR count). The SMILES string of the molecule is Cc1nc(NCc2ccccc2Cn2ccnc2)c2c(C)csc2n1. The van der Waals surface area contributed by atoms with Crippen LogP contribution in [-0.2, 0) is 13.1 Å². The van der Waals surface area contributed by atoms with Gasteiger partial charge in [-0.3, -0.25) is 0 Å². The van der Waals surface area contributed by atoms with Gasteiger partial charge in [-0.05, 0) is 35.9 Å². The van der Waals surface area contributed by atoms with E-state index in [1.807, 2.05) is 19.4 Å². The molecular weight excluding hydrogens is 330 g/mol. The van der Waals surface area contributed by atoms with Crippen molar-refractivity contribution in [3.8, 4) is 0 Å². The summed E-state index contributed by atoms with van der Waals surface area (Å²) in [5.41, 5.74) is 3.75. The fourth-order valence-electron chi connectivity index (χ4n) is 2.96. The lowest BCUT2D eigenvalue weighted by molar-refractivity contribution is 0.787. The summed E-state index contributed by atoms with van der Waals surface area (Å²) in [4.78, 5) is 14.3. The van der Waals surface area contributed by atoms with E-state index < -0.39 is 0 Å². The number of aryl methyl sites for hydroxylation is 2. The highest BCUT2D eigenvalue weighted by molar-refractivity contribution is 7.17. The van der Waals surface area contributed by atoms with E-state index in [1.54, 1.807) is 17.5 Å². The van der Waals surface area contributed by atoms with Crippen LogP contribution >= 0.6 is 11.3 Å². The number of fused-ring (bicyclic) bond motifs is 1. The summed E-state index contributed by atoms with van der Waals surface area (Å²) >= 11 is 1.67. The van der Waals surface area contributed by atoms with Crippen LogP contribution in [0.1, 0.15) is 22.5 Å². The maximum atomic E-state index is 4.62. The predicted octanol–water partition coefficient (Wildman–Crippen LogP) is 4.17. The van der Waals surface area contributed by atoms with Crippen LogP contribution in [0.3, 0.4) is 0 Å². The lowest BCUT2D eigenvalue weighted by Gasteiger charge is -2.13. The number of imidazole rings is 1. The maximum absolute atomic E-state index is 4.62. The Hall–Kier alpha value is -2.73. The zero-order valence-corrected chi connectivity index (χ0v) is 15.0. The molecule has 0 spiro atoms. The standard InChI is InChI=1S/C19H19N5S/c1-13-11-25-19-17(13)18(22-14(2)23-19)21-9-15-5-3-4-6-16(15)10-24-8-7-20-12-24/h3-8,11-12H,9-10H2,1-2H3,(H,21,22,23). The monoisotopic (exact) mass is 349 g/mol. The van der Waals surface area contributed by atoms with E-state index in [1.165, 1.54) is 16.7 Å². The van der Waals surface area contributed by atoms with E-state index >= 15 is 0 Å². The minimum Gasteiger partial charge on any atom is -0.365 e. The van der Waals surface area contributed by atoms with Gasteiger partial charge in [-0.25, -0.2) is 15.0 Å². The van der Waals surface area contributed by atoms with Gasteiger partial charge in [0.25, 0.3) is 0 Å². The third-order valence-electron chi connectivity index (χ3n) is 4.21. The predicted molar refractivity (Wildman–Crippen MR) is 102 cm³/mol. The molecule has 0 saturated heterocycles. The van der Waals surface area contributed by atoms with Crippen LogP contribution in [-0.4, -0.2) is 19.5 Å². The number of hydrogen-bond acceptors (Lipinski definition) is 5. The smallest absolute Gasteiger partial charge is 0.139 e. The summed E-state index contributed by atoms with van der Waals surface area (Å²) in [6.45, 7) is 5.58. The van der Waals surface area contributed by atoms with E-state index in [9.17, 15) is 0 Å². The number of thiophene rings is 1. The molecule has 0 radical (unpaired) electrons. The summed E-state index contributed by atoms with van der Waals surface area (Å²) in [5, 5.41) is 6.79. The van der Waals surface area contributed by atoms with Crippen molar-refractivity contribution in [1.29, 1.82) is 0 Å². The quantitative estimate of drug-likeness (QED) is 0.588. The lowest BCUT2D eigenvalue weighted by Crippen LogP contribution is -2.08. The molecule has 4 aromatic rings. The van der Waals surface area contributed by atoms with E-state index in [0.29, 0.717) is 0 Å². The Morgan fingerprint density at radius 1 is 1.12 bits per heavy atom. The first-order valence-corrected chi connectivity index (χ1v) is 9.07. The van der Waals surface area contributed by atoms with Gasteiger partial charge in [0.05, 0.1) is 11.7 Å². The first-order valence-electron chi connectivity index (χ1n) is 8.19. The van der Waals surface area contributed by atoms with Crippen molar-refractivity contribution in [3.63, 3.8) is 0 Å². The molecule has 5 nitrogen and oxygen atoms in total. The van der Waals surface area contributed by atoms with Crippen LogP contribution in [0.5, 0.6) is 0 Å². The molecule has 25 heavy (non-hydrogen) atoms. The van der Waals surface area contributed by atoms with Crippen molar-refractivity contribution in [1.82, 2.24) is 19.5 Å². The van der Waals surface area contributed by atoms with Crippen molar-refractivity contribution in [3.05, 3.63) is 70.9 Å². The van der Waals surface area contributed by atoms with Gasteiger partial charge in [0.2, 0.25) is 0 Å². The van der Waals surface area contributed by atoms with Crippen molar-refractivity contribution in [2.24, 2.45) is 0 Å². The Morgan fingerprint density at radius 2 is 1.96 bits per heavy atom. The van der Waals surface area contributed by atoms with Crippen LogP contribution in [0, 0.1) is 13.8 Å². The fourth-order valence-corrected chi connectivity index (χ4v) is 3.93. The van der Waals surface area contributed by atoms with E-state index in [0.717, 1.165) is 34.9 Å². The molecule has 3 heterocycles. The minimum atomic E-state index is 0.728. The molecular formula is C19H19N5S. The summed E-state index contributed by atoms with van der Waals surface area (Å²) in [5.74, 6) is 1.71. The Labute approximate surface area is 150 Å². The number of anilines is 1. The molecule has 1 aromatic carbocycles. The molecule has 3 aromatic heterocycles. The highest BCUT2D eigenvalue weighted by atomic mass is 32.1. The number of benzene rings is 1. The van der Waals surface area contributed by atoms with Crippen LogP contribution in [0.2, 0.25) is 0 Å². The molecule has 0 aliphatic carbocycles. The second-order valence-electron chi connectivity index (χ2n) is 6.08. The molecule has 126 valence electrons. The van der Waals surface area contributed by atoms with Crippen LogP contribution < -0.4 is 5.32 Å². The van der Waals surface area contributed by atoms with Crippen molar-refractivity contribution in [2.75, 3.05) is 5.32 Å². The topological polar surface area (TPSA) is 55.6 Å². The number of nitrogens with one attached hydrogen (secondary N) is 1. The summed E-state index contributed by atoms with van der Waals surface area (Å²) in [7, 11) is 0. The van der Waals surface area contributed by atoms with Gasteiger partial charge in [0.1, 0.15) is 16.5 Å². The average molecular weight is 349 g/mol. The minimum absolute atomic E-state index is 0.728. The average Bonchev–Trinajstić information content (AvgIpc) is 3.24. The second kappa shape index (κ2) is 6.64. The fraction of sp³-hybridized carbons (Fsp3) is 0.211. The Kier molecular flexibility index (Phi) is 4.19. The number of aromatic nitrogens is 4. The lowest BCUT2D eigenvalue weighted by atomic mass is 10.1. The summed E-state index contributed by atoms with van der Waals surface area (Å²) < 4.78 is 2.08. The molecule has 1 N–H and O–H groups in total. The normalized spacial score (nSPS) is 11.1. The van der Waals surface area contributed by atoms with Crippen molar-refractivity contribution in [2.45, 2.75) is 26.9 Å². The molecule has 0 fully saturated rings. The van der Waals surface area contributed by atoms with E-state index in [2.05, 4.69) is 61.4 Å². The molecule has 0 bridgehead atoms. The van der Waals surface area contributed by atoms with Gasteiger partial charge >= 0.3 is 0 Å². The molecule has 0 atom stereocenters. The molecule has 6 heteroatoms. The first-order chi connectivity index (χ1) is 12.2. The van der Waals surface area contributed by atoms with E-state index in [-0.39, 0.29) is 0 Å². The highest BCUT2D eigenvalue weighted by Gasteiger charge is 2.11. The Morgan fingerprint density at radius 3 is 2.76 bits per heavy atom. The number of rotatable bonds is 5. The van der Waals surface area contributed by atoms with Crippen LogP contribution in [0.4, 0.5) is 5.82 Å². The Balaban J connectivity index is 1.61. The molecule has 0 amide bonds. The van der Waals surface area contributed by atoms with Gasteiger partial charge in [-0.15, -0.1) is 11.3 Å². The zero-order chi connectivity index (χ0) is 17.2. The van der Waals surface area contributed by atoms with Gasteiger partial charge in [0, 0.05) is 25.5 Å². The zero-order valence-electron chi connectivity index (χ0n) is 14.2. The van der Waals surface area contributed by atoms with Crippen LogP contribution in [0.25, 0.3) is 10.2 Å². The number of nitrogens with zero attached hydrogens (tertiary/aromatic N) is 4. The maximum Gasteiger partial charge on any atom is 0.139 e. The summed E-state index contributed by atoms with van der Waals surface area (Å²) in [6.07, 6.45) is 5.63. The first kappa shape index (κ1) is 15.8. The van der Waals surface area contributed by atoms with Gasteiger partial charge < -0.3 is 9.88 Å². The third kappa shape index (κ3) is 3.25. The van der Waals surface area contributed by atoms with Gasteiger partial charge in [-0.1, -0.05) is 24.3 Å². The molecule has 0 aliphatic rings. The highest BCUT2D eigenvalue weighted by Crippen LogP contribution is 2.29.